The molecule has 0 spiro atoms. The van der Waals surface area contributed by atoms with Gasteiger partial charge in [-0.05, 0) is 26.2 Å². The number of carboxylic acids is 1. The van der Waals surface area contributed by atoms with Crippen molar-refractivity contribution in [3.05, 3.63) is 17.5 Å². The Hall–Kier alpha value is -1.85. The quantitative estimate of drug-likeness (QED) is 0.894. The number of carbonyl (C=O) groups is 2. The number of carbonyl (C=O) groups excluding carboxylic acids is 1. The predicted octanol–water partition coefficient (Wildman–Crippen LogP) is 1.49. The number of rotatable bonds is 3. The van der Waals surface area contributed by atoms with Crippen molar-refractivity contribution >= 4 is 11.9 Å². The van der Waals surface area contributed by atoms with E-state index in [-0.39, 0.29) is 11.9 Å². The van der Waals surface area contributed by atoms with Crippen LogP contribution >= 0.6 is 0 Å². The summed E-state index contributed by atoms with van der Waals surface area (Å²) < 4.78 is 5.16. The molecular weight excluding hydrogens is 248 g/mol. The van der Waals surface area contributed by atoms with Crippen molar-refractivity contribution in [1.29, 1.82) is 0 Å². The third kappa shape index (κ3) is 2.11. The Morgan fingerprint density at radius 3 is 2.74 bits per heavy atom. The molecule has 19 heavy (non-hydrogen) atoms. The van der Waals surface area contributed by atoms with Gasteiger partial charge in [-0.3, -0.25) is 9.59 Å². The topological polar surface area (TPSA) is 83.6 Å². The number of aliphatic carboxylic acids is 1. The van der Waals surface area contributed by atoms with E-state index in [1.807, 2.05) is 0 Å². The summed E-state index contributed by atoms with van der Waals surface area (Å²) in [6.07, 6.45) is 2.67. The van der Waals surface area contributed by atoms with Crippen LogP contribution in [0.15, 0.2) is 10.6 Å². The zero-order valence-corrected chi connectivity index (χ0v) is 10.7. The second-order valence-electron chi connectivity index (χ2n) is 5.36. The molecule has 1 aromatic rings. The maximum Gasteiger partial charge on any atom is 0.308 e. The van der Waals surface area contributed by atoms with Crippen LogP contribution in [0.4, 0.5) is 0 Å². The molecule has 1 amide bonds. The lowest BCUT2D eigenvalue weighted by Gasteiger charge is -2.21. The van der Waals surface area contributed by atoms with Crippen LogP contribution in [0.3, 0.4) is 0 Å². The van der Waals surface area contributed by atoms with Gasteiger partial charge in [-0.1, -0.05) is 5.16 Å². The van der Waals surface area contributed by atoms with Crippen molar-refractivity contribution < 1.29 is 19.2 Å². The van der Waals surface area contributed by atoms with Gasteiger partial charge in [-0.15, -0.1) is 0 Å². The Morgan fingerprint density at radius 1 is 1.42 bits per heavy atom. The first-order valence-electron chi connectivity index (χ1n) is 6.58. The zero-order chi connectivity index (χ0) is 13.6. The van der Waals surface area contributed by atoms with E-state index in [0.717, 1.165) is 18.6 Å². The average molecular weight is 264 g/mol. The fraction of sp³-hybridized carbons (Fsp3) is 0.615. The van der Waals surface area contributed by atoms with E-state index >= 15 is 0 Å². The Balaban J connectivity index is 1.74. The minimum Gasteiger partial charge on any atom is -0.481 e. The summed E-state index contributed by atoms with van der Waals surface area (Å²) in [4.78, 5) is 24.9. The summed E-state index contributed by atoms with van der Waals surface area (Å²) in [5.74, 6) is -0.380. The molecule has 1 aliphatic carbocycles. The predicted molar refractivity (Wildman–Crippen MR) is 64.7 cm³/mol. The van der Waals surface area contributed by atoms with Crippen molar-refractivity contribution in [2.75, 3.05) is 6.54 Å². The van der Waals surface area contributed by atoms with Crippen LogP contribution in [0.1, 0.15) is 48.4 Å². The molecule has 0 aromatic carbocycles. The Labute approximate surface area is 110 Å². The van der Waals surface area contributed by atoms with E-state index in [2.05, 4.69) is 5.16 Å². The molecule has 1 saturated carbocycles. The molecule has 0 radical (unpaired) electrons. The largest absolute Gasteiger partial charge is 0.481 e. The van der Waals surface area contributed by atoms with Gasteiger partial charge in [-0.25, -0.2) is 0 Å². The normalized spacial score (nSPS) is 26.7. The number of hydrogen-bond donors (Lipinski definition) is 1. The Kier molecular flexibility index (Phi) is 2.80. The molecule has 1 aliphatic heterocycles. The summed E-state index contributed by atoms with van der Waals surface area (Å²) in [7, 11) is 0. The highest BCUT2D eigenvalue weighted by atomic mass is 16.5. The lowest BCUT2D eigenvalue weighted by atomic mass is 10.0. The Morgan fingerprint density at radius 2 is 2.16 bits per heavy atom. The summed E-state index contributed by atoms with van der Waals surface area (Å²) >= 11 is 0. The van der Waals surface area contributed by atoms with Crippen LogP contribution in [0.5, 0.6) is 0 Å². The van der Waals surface area contributed by atoms with Crippen molar-refractivity contribution in [2.45, 2.75) is 38.1 Å². The molecule has 1 aromatic heterocycles. The highest BCUT2D eigenvalue weighted by molar-refractivity contribution is 5.93. The first kappa shape index (κ1) is 12.2. The van der Waals surface area contributed by atoms with Gasteiger partial charge in [0, 0.05) is 24.6 Å². The molecule has 1 saturated heterocycles. The van der Waals surface area contributed by atoms with Crippen molar-refractivity contribution in [2.24, 2.45) is 5.92 Å². The first-order valence-corrected chi connectivity index (χ1v) is 6.58. The van der Waals surface area contributed by atoms with Gasteiger partial charge in [0.05, 0.1) is 5.92 Å². The lowest BCUT2D eigenvalue weighted by Crippen LogP contribution is -2.37. The van der Waals surface area contributed by atoms with E-state index in [0.29, 0.717) is 24.6 Å². The van der Waals surface area contributed by atoms with Crippen LogP contribution in [-0.4, -0.2) is 39.6 Å². The number of nitrogens with zero attached hydrogens (tertiary/aromatic N) is 2. The molecule has 6 heteroatoms. The summed E-state index contributed by atoms with van der Waals surface area (Å²) in [6.45, 7) is 2.23. The highest BCUT2D eigenvalue weighted by Crippen LogP contribution is 2.40. The molecule has 2 aliphatic rings. The highest BCUT2D eigenvalue weighted by Gasteiger charge is 2.39. The van der Waals surface area contributed by atoms with Gasteiger partial charge in [0.25, 0.3) is 5.91 Å². The molecular formula is C13H16N2O4. The minimum absolute atomic E-state index is 0.230. The molecule has 2 fully saturated rings. The van der Waals surface area contributed by atoms with Crippen LogP contribution in [-0.2, 0) is 4.79 Å². The van der Waals surface area contributed by atoms with Crippen molar-refractivity contribution in [3.8, 4) is 0 Å². The van der Waals surface area contributed by atoms with Crippen molar-refractivity contribution in [1.82, 2.24) is 10.1 Å². The SMILES string of the molecule is CC1C(C(=O)O)CCN1C(=O)c1cc(C2CC2)on1. The number of carboxylic acid groups (broad SMARTS) is 1. The third-order valence-corrected chi connectivity index (χ3v) is 4.06. The third-order valence-electron chi connectivity index (χ3n) is 4.06. The molecule has 102 valence electrons. The lowest BCUT2D eigenvalue weighted by molar-refractivity contribution is -0.142. The van der Waals surface area contributed by atoms with Crippen LogP contribution in [0, 0.1) is 5.92 Å². The van der Waals surface area contributed by atoms with Gasteiger partial charge in [0.15, 0.2) is 5.69 Å². The summed E-state index contributed by atoms with van der Waals surface area (Å²) in [5, 5.41) is 12.9. The van der Waals surface area contributed by atoms with Gasteiger partial charge < -0.3 is 14.5 Å². The minimum atomic E-state index is -0.846. The molecule has 2 heterocycles. The van der Waals surface area contributed by atoms with Gasteiger partial charge in [0.2, 0.25) is 0 Å². The maximum atomic E-state index is 12.3. The number of aromatic nitrogens is 1. The average Bonchev–Trinajstić information content (AvgIpc) is 2.97. The second kappa shape index (κ2) is 4.36. The standard InChI is InChI=1S/C13H16N2O4/c1-7-9(13(17)18)4-5-15(7)12(16)10-6-11(19-14-10)8-2-3-8/h6-9H,2-5H2,1H3,(H,17,18). The zero-order valence-electron chi connectivity index (χ0n) is 10.7. The van der Waals surface area contributed by atoms with Crippen molar-refractivity contribution in [3.63, 3.8) is 0 Å². The molecule has 1 N–H and O–H groups in total. The number of likely N-dealkylation sites (tertiary alicyclic amines) is 1. The molecule has 2 atom stereocenters. The fourth-order valence-corrected chi connectivity index (χ4v) is 2.65. The van der Waals surface area contributed by atoms with Gasteiger partial charge in [-0.2, -0.15) is 0 Å². The van der Waals surface area contributed by atoms with E-state index in [1.54, 1.807) is 17.9 Å². The summed E-state index contributed by atoms with van der Waals surface area (Å²) in [6, 6.07) is 1.40. The van der Waals surface area contributed by atoms with E-state index in [4.69, 9.17) is 9.63 Å². The van der Waals surface area contributed by atoms with Crippen LogP contribution < -0.4 is 0 Å². The second-order valence-corrected chi connectivity index (χ2v) is 5.36. The molecule has 6 nitrogen and oxygen atoms in total. The van der Waals surface area contributed by atoms with E-state index in [1.165, 1.54) is 0 Å². The van der Waals surface area contributed by atoms with Crippen LogP contribution in [0.25, 0.3) is 0 Å². The van der Waals surface area contributed by atoms with Crippen LogP contribution in [0.2, 0.25) is 0 Å². The smallest absolute Gasteiger partial charge is 0.308 e. The molecule has 2 unspecified atom stereocenters. The maximum absolute atomic E-state index is 12.3. The fourth-order valence-electron chi connectivity index (χ4n) is 2.65. The molecule has 0 bridgehead atoms. The van der Waals surface area contributed by atoms with Gasteiger partial charge in [0.1, 0.15) is 5.76 Å². The summed E-state index contributed by atoms with van der Waals surface area (Å²) in [5.41, 5.74) is 0.291. The number of hydrogen-bond acceptors (Lipinski definition) is 4. The van der Waals surface area contributed by atoms with E-state index < -0.39 is 11.9 Å². The van der Waals surface area contributed by atoms with Gasteiger partial charge >= 0.3 is 5.97 Å². The first-order chi connectivity index (χ1) is 9.08. The molecule has 3 rings (SSSR count). The van der Waals surface area contributed by atoms with E-state index in [9.17, 15) is 9.59 Å². The number of amides is 1. The Bertz CT molecular complexity index is 520. The monoisotopic (exact) mass is 264 g/mol.